The Balaban J connectivity index is 1.43. The van der Waals surface area contributed by atoms with Crippen LogP contribution in [0.15, 0.2) is 61.1 Å². The number of nitrogens with one attached hydrogen (secondary N) is 2. The number of imide groups is 1. The molecule has 1 aromatic heterocycles. The molecule has 3 aromatic rings. The van der Waals surface area contributed by atoms with Gasteiger partial charge in [-0.3, -0.25) is 14.9 Å². The largest absolute Gasteiger partial charge is 0.330 e. The third-order valence-corrected chi connectivity index (χ3v) is 6.66. The summed E-state index contributed by atoms with van der Waals surface area (Å²) in [6, 6.07) is 17.5. The second kappa shape index (κ2) is 10.4. The molecule has 0 aliphatic carbocycles. The molecule has 2 aromatic carbocycles. The predicted molar refractivity (Wildman–Crippen MR) is 129 cm³/mol. The van der Waals surface area contributed by atoms with Crippen LogP contribution in [-0.4, -0.2) is 34.5 Å². The maximum Gasteiger partial charge on any atom is 0.233 e. The molecule has 34 heavy (non-hydrogen) atoms. The van der Waals surface area contributed by atoms with Gasteiger partial charge < -0.3 is 9.88 Å². The Morgan fingerprint density at radius 2 is 1.88 bits per heavy atom. The normalized spacial score (nSPS) is 14.8. The maximum atomic E-state index is 13.4. The molecule has 0 saturated carbocycles. The highest BCUT2D eigenvalue weighted by molar-refractivity contribution is 5.99. The van der Waals surface area contributed by atoms with Gasteiger partial charge in [-0.25, -0.2) is 4.98 Å². The summed E-state index contributed by atoms with van der Waals surface area (Å²) >= 11 is 0. The fraction of sp³-hybridized carbons (Fsp3) is 0.333. The minimum atomic E-state index is -0.601. The quantitative estimate of drug-likeness (QED) is 0.571. The van der Waals surface area contributed by atoms with Crippen LogP contribution in [0.2, 0.25) is 0 Å². The summed E-state index contributed by atoms with van der Waals surface area (Å²) in [6.07, 6.45) is 5.41. The van der Waals surface area contributed by atoms with Crippen molar-refractivity contribution in [2.75, 3.05) is 13.1 Å². The molecule has 0 spiro atoms. The van der Waals surface area contributed by atoms with Gasteiger partial charge in [0.2, 0.25) is 11.8 Å². The van der Waals surface area contributed by atoms with Gasteiger partial charge in [-0.1, -0.05) is 36.4 Å². The number of hydrogen-bond donors (Lipinski definition) is 2. The molecule has 1 fully saturated rings. The summed E-state index contributed by atoms with van der Waals surface area (Å²) in [4.78, 5) is 30.5. The van der Waals surface area contributed by atoms with Crippen LogP contribution in [0.5, 0.6) is 0 Å². The van der Waals surface area contributed by atoms with Crippen molar-refractivity contribution in [2.24, 2.45) is 5.41 Å². The molecule has 7 heteroatoms. The zero-order valence-electron chi connectivity index (χ0n) is 19.4. The summed E-state index contributed by atoms with van der Waals surface area (Å²) in [5.74, 6) is -0.519. The van der Waals surface area contributed by atoms with Crippen molar-refractivity contribution in [3.8, 4) is 6.07 Å². The molecule has 2 amide bonds. The minimum Gasteiger partial charge on any atom is -0.330 e. The lowest BCUT2D eigenvalue weighted by Crippen LogP contribution is -2.50. The van der Waals surface area contributed by atoms with E-state index < -0.39 is 5.41 Å². The van der Waals surface area contributed by atoms with Crippen molar-refractivity contribution in [2.45, 2.75) is 39.2 Å². The van der Waals surface area contributed by atoms with Crippen LogP contribution in [-0.2, 0) is 29.0 Å². The molecule has 1 saturated heterocycles. The van der Waals surface area contributed by atoms with Gasteiger partial charge >= 0.3 is 0 Å². The zero-order chi connectivity index (χ0) is 24.0. The molecule has 0 atom stereocenters. The molecule has 1 aliphatic heterocycles. The van der Waals surface area contributed by atoms with Crippen LogP contribution in [0.1, 0.15) is 40.8 Å². The smallest absolute Gasteiger partial charge is 0.233 e. The van der Waals surface area contributed by atoms with Gasteiger partial charge in [0.25, 0.3) is 0 Å². The number of nitrogens with zero attached hydrogens (tertiary/aromatic N) is 3. The second-order valence-corrected chi connectivity index (χ2v) is 9.01. The summed E-state index contributed by atoms with van der Waals surface area (Å²) in [7, 11) is 0. The van der Waals surface area contributed by atoms with E-state index in [1.54, 1.807) is 24.7 Å². The van der Waals surface area contributed by atoms with Crippen molar-refractivity contribution in [3.63, 3.8) is 0 Å². The van der Waals surface area contributed by atoms with Crippen LogP contribution >= 0.6 is 0 Å². The van der Waals surface area contributed by atoms with E-state index in [4.69, 9.17) is 5.26 Å². The standard InChI is InChI=1S/C27H29N5O2/c1-20-4-2-3-5-23(20)15-27(10-12-29-13-11-27)26(34)31-25(33)14-24-17-30-19-32(24)18-22-8-6-21(16-28)7-9-22/h2-9,17,19,29H,10-15,18H2,1H3,(H,31,33,34). The summed E-state index contributed by atoms with van der Waals surface area (Å²) < 4.78 is 1.89. The van der Waals surface area contributed by atoms with Gasteiger partial charge in [-0.2, -0.15) is 5.26 Å². The Kier molecular flexibility index (Phi) is 7.19. The van der Waals surface area contributed by atoms with E-state index in [1.165, 1.54) is 0 Å². The SMILES string of the molecule is Cc1ccccc1CC1(C(=O)NC(=O)Cc2cncn2Cc2ccc(C#N)cc2)CCNCC1. The first-order valence-corrected chi connectivity index (χ1v) is 11.6. The summed E-state index contributed by atoms with van der Waals surface area (Å²) in [5, 5.41) is 15.0. The highest BCUT2D eigenvalue weighted by Crippen LogP contribution is 2.34. The van der Waals surface area contributed by atoms with Crippen LogP contribution in [0.3, 0.4) is 0 Å². The van der Waals surface area contributed by atoms with E-state index in [0.717, 1.165) is 35.5 Å². The van der Waals surface area contributed by atoms with Crippen LogP contribution in [0.25, 0.3) is 0 Å². The summed E-state index contributed by atoms with van der Waals surface area (Å²) in [6.45, 7) is 4.10. The zero-order valence-corrected chi connectivity index (χ0v) is 19.4. The fourth-order valence-electron chi connectivity index (χ4n) is 4.55. The van der Waals surface area contributed by atoms with Crippen LogP contribution in [0.4, 0.5) is 0 Å². The average Bonchev–Trinajstić information content (AvgIpc) is 3.27. The summed E-state index contributed by atoms with van der Waals surface area (Å²) in [5.41, 5.74) is 4.04. The molecule has 0 bridgehead atoms. The lowest BCUT2D eigenvalue weighted by atomic mass is 9.72. The van der Waals surface area contributed by atoms with E-state index in [2.05, 4.69) is 40.7 Å². The van der Waals surface area contributed by atoms with Gasteiger partial charge in [-0.15, -0.1) is 0 Å². The first-order valence-electron chi connectivity index (χ1n) is 11.6. The number of aryl methyl sites for hydroxylation is 1. The number of carbonyl (C=O) groups excluding carboxylic acids is 2. The first kappa shape index (κ1) is 23.4. The second-order valence-electron chi connectivity index (χ2n) is 9.01. The molecular weight excluding hydrogens is 426 g/mol. The van der Waals surface area contributed by atoms with Gasteiger partial charge in [0, 0.05) is 18.4 Å². The maximum absolute atomic E-state index is 13.4. The molecule has 0 radical (unpaired) electrons. The van der Waals surface area contributed by atoms with E-state index in [-0.39, 0.29) is 18.2 Å². The Morgan fingerprint density at radius 3 is 2.59 bits per heavy atom. The molecule has 0 unspecified atom stereocenters. The van der Waals surface area contributed by atoms with Crippen molar-refractivity contribution >= 4 is 11.8 Å². The Morgan fingerprint density at radius 1 is 1.15 bits per heavy atom. The number of aromatic nitrogens is 2. The third kappa shape index (κ3) is 5.41. The highest BCUT2D eigenvalue weighted by atomic mass is 16.2. The van der Waals surface area contributed by atoms with Crippen LogP contribution in [0, 0.1) is 23.7 Å². The number of carbonyl (C=O) groups is 2. The monoisotopic (exact) mass is 455 g/mol. The van der Waals surface area contributed by atoms with Crippen molar-refractivity contribution in [1.82, 2.24) is 20.2 Å². The fourth-order valence-corrected chi connectivity index (χ4v) is 4.55. The topological polar surface area (TPSA) is 99.8 Å². The van der Waals surface area contributed by atoms with E-state index in [9.17, 15) is 9.59 Å². The van der Waals surface area contributed by atoms with E-state index in [0.29, 0.717) is 31.4 Å². The predicted octanol–water partition coefficient (Wildman–Crippen LogP) is 2.91. The molecule has 2 heterocycles. The minimum absolute atomic E-state index is 0.0702. The van der Waals surface area contributed by atoms with Crippen molar-refractivity contribution < 1.29 is 9.59 Å². The molecule has 4 rings (SSSR count). The molecule has 1 aliphatic rings. The van der Waals surface area contributed by atoms with Gasteiger partial charge in [0.15, 0.2) is 0 Å². The van der Waals surface area contributed by atoms with Crippen molar-refractivity contribution in [1.29, 1.82) is 5.26 Å². The Labute approximate surface area is 199 Å². The van der Waals surface area contributed by atoms with Crippen molar-refractivity contribution in [3.05, 3.63) is 89.0 Å². The molecule has 7 nitrogen and oxygen atoms in total. The van der Waals surface area contributed by atoms with E-state index >= 15 is 0 Å². The van der Waals surface area contributed by atoms with Gasteiger partial charge in [0.05, 0.1) is 29.8 Å². The van der Waals surface area contributed by atoms with Gasteiger partial charge in [-0.05, 0) is 68.1 Å². The lowest BCUT2D eigenvalue weighted by Gasteiger charge is -2.36. The number of imidazole rings is 1. The lowest BCUT2D eigenvalue weighted by molar-refractivity contribution is -0.138. The highest BCUT2D eigenvalue weighted by Gasteiger charge is 2.40. The molecule has 2 N–H and O–H groups in total. The van der Waals surface area contributed by atoms with Gasteiger partial charge in [0.1, 0.15) is 0 Å². The number of nitriles is 1. The first-order chi connectivity index (χ1) is 16.5. The average molecular weight is 456 g/mol. The number of hydrogen-bond acceptors (Lipinski definition) is 5. The van der Waals surface area contributed by atoms with E-state index in [1.807, 2.05) is 28.8 Å². The number of piperidine rings is 1. The number of amides is 2. The third-order valence-electron chi connectivity index (χ3n) is 6.66. The molecule has 174 valence electrons. The number of rotatable bonds is 7. The van der Waals surface area contributed by atoms with Crippen LogP contribution < -0.4 is 10.6 Å². The number of benzene rings is 2. The Bertz CT molecular complexity index is 1200. The molecular formula is C27H29N5O2. The Hall–Kier alpha value is -3.76.